The van der Waals surface area contributed by atoms with E-state index in [0.717, 1.165) is 5.57 Å². The Labute approximate surface area is 149 Å². The van der Waals surface area contributed by atoms with E-state index < -0.39 is 11.2 Å². The van der Waals surface area contributed by atoms with Gasteiger partial charge in [-0.1, -0.05) is 30.4 Å². The van der Waals surface area contributed by atoms with E-state index in [2.05, 4.69) is 6.58 Å². The first kappa shape index (κ1) is 18.4. The molecular weight excluding hydrogens is 320 g/mol. The van der Waals surface area contributed by atoms with Gasteiger partial charge in [0, 0.05) is 17.4 Å². The second-order valence-corrected chi connectivity index (χ2v) is 8.30. The Hall–Kier alpha value is -1.43. The van der Waals surface area contributed by atoms with Gasteiger partial charge in [0.1, 0.15) is 6.10 Å². The first-order valence-corrected chi connectivity index (χ1v) is 8.93. The molecule has 3 aliphatic rings. The van der Waals surface area contributed by atoms with Crippen LogP contribution in [0.5, 0.6) is 0 Å². The second kappa shape index (κ2) is 6.38. The molecule has 0 amide bonds. The van der Waals surface area contributed by atoms with Crippen LogP contribution in [0.1, 0.15) is 40.0 Å². The lowest BCUT2D eigenvalue weighted by molar-refractivity contribution is -0.145. The molecule has 1 saturated carbocycles. The van der Waals surface area contributed by atoms with E-state index in [9.17, 15) is 15.0 Å². The van der Waals surface area contributed by atoms with Gasteiger partial charge in [-0.3, -0.25) is 0 Å². The number of hydrogen-bond acceptors (Lipinski definition) is 5. The van der Waals surface area contributed by atoms with Crippen LogP contribution in [0.25, 0.3) is 0 Å². The Morgan fingerprint density at radius 2 is 2.08 bits per heavy atom. The maximum atomic E-state index is 12.3. The zero-order valence-corrected chi connectivity index (χ0v) is 15.2. The Bertz CT molecular complexity index is 622. The molecule has 25 heavy (non-hydrogen) atoms. The van der Waals surface area contributed by atoms with Crippen molar-refractivity contribution in [2.24, 2.45) is 11.8 Å². The predicted octanol–water partition coefficient (Wildman–Crippen LogP) is 2.29. The minimum absolute atomic E-state index is 0.0152. The van der Waals surface area contributed by atoms with Gasteiger partial charge in [-0.25, -0.2) is 4.79 Å². The van der Waals surface area contributed by atoms with Crippen molar-refractivity contribution >= 4 is 5.97 Å². The molecule has 0 aromatic heterocycles. The van der Waals surface area contributed by atoms with Gasteiger partial charge in [-0.15, -0.1) is 0 Å². The average molecular weight is 348 g/mol. The lowest BCUT2D eigenvalue weighted by Gasteiger charge is -2.35. The lowest BCUT2D eigenvalue weighted by atomic mass is 9.76. The molecular formula is C20H28O5. The largest absolute Gasteiger partial charge is 0.462 e. The van der Waals surface area contributed by atoms with Crippen molar-refractivity contribution in [3.05, 3.63) is 36.0 Å². The third kappa shape index (κ3) is 4.05. The van der Waals surface area contributed by atoms with Crippen molar-refractivity contribution in [3.8, 4) is 0 Å². The van der Waals surface area contributed by atoms with E-state index in [1.165, 1.54) is 0 Å². The normalized spacial score (nSPS) is 40.8. The highest BCUT2D eigenvalue weighted by Crippen LogP contribution is 2.46. The highest BCUT2D eigenvalue weighted by Gasteiger charge is 2.53. The third-order valence-electron chi connectivity index (χ3n) is 5.44. The number of cyclic esters (lactones) is 1. The number of allylic oxidation sites excluding steroid dienone is 2. The molecule has 5 heteroatoms. The summed E-state index contributed by atoms with van der Waals surface area (Å²) in [5, 5.41) is 20.5. The van der Waals surface area contributed by atoms with Crippen LogP contribution < -0.4 is 0 Å². The summed E-state index contributed by atoms with van der Waals surface area (Å²) in [7, 11) is 0. The molecule has 2 aliphatic heterocycles. The van der Waals surface area contributed by atoms with E-state index >= 15 is 0 Å². The van der Waals surface area contributed by atoms with Crippen LogP contribution in [0, 0.1) is 11.8 Å². The molecule has 3 rings (SSSR count). The Morgan fingerprint density at radius 1 is 1.36 bits per heavy atom. The van der Waals surface area contributed by atoms with E-state index in [1.807, 2.05) is 0 Å². The van der Waals surface area contributed by atoms with Gasteiger partial charge in [-0.2, -0.15) is 0 Å². The third-order valence-corrected chi connectivity index (χ3v) is 5.44. The van der Waals surface area contributed by atoms with E-state index in [-0.39, 0.29) is 30.0 Å². The minimum atomic E-state index is -0.945. The average Bonchev–Trinajstić information content (AvgIpc) is 3.25. The summed E-state index contributed by atoms with van der Waals surface area (Å²) in [4.78, 5) is 12.3. The molecule has 5 atom stereocenters. The van der Waals surface area contributed by atoms with E-state index in [0.29, 0.717) is 31.4 Å². The molecule has 0 aromatic rings. The second-order valence-electron chi connectivity index (χ2n) is 8.30. The van der Waals surface area contributed by atoms with Gasteiger partial charge >= 0.3 is 5.97 Å². The van der Waals surface area contributed by atoms with Crippen LogP contribution in [-0.2, 0) is 14.3 Å². The van der Waals surface area contributed by atoms with Crippen molar-refractivity contribution < 1.29 is 24.5 Å². The van der Waals surface area contributed by atoms with Gasteiger partial charge in [0.2, 0.25) is 0 Å². The summed E-state index contributed by atoms with van der Waals surface area (Å²) in [5.41, 5.74) is -0.237. The fraction of sp³-hybridized carbons (Fsp3) is 0.650. The number of rotatable bonds is 2. The summed E-state index contributed by atoms with van der Waals surface area (Å²) in [5.74, 6) is -0.322. The Kier molecular flexibility index (Phi) is 4.69. The van der Waals surface area contributed by atoms with Gasteiger partial charge in [-0.05, 0) is 40.0 Å². The van der Waals surface area contributed by atoms with E-state index in [1.54, 1.807) is 39.0 Å². The quantitative estimate of drug-likeness (QED) is 0.346. The van der Waals surface area contributed by atoms with Crippen LogP contribution in [0.15, 0.2) is 36.0 Å². The predicted molar refractivity (Wildman–Crippen MR) is 93.7 cm³/mol. The maximum Gasteiger partial charge on any atom is 0.334 e. The molecule has 1 aliphatic carbocycles. The minimum Gasteiger partial charge on any atom is -0.462 e. The van der Waals surface area contributed by atoms with Gasteiger partial charge in [0.15, 0.2) is 0 Å². The SMILES string of the molecule is C=C1CC2OC2[C@@](C)(O)CCC2/C(=C/C=C/C(C)(C)O)C(=O)OC[C@@H]12. The summed E-state index contributed by atoms with van der Waals surface area (Å²) in [6.07, 6.45) is 6.85. The Morgan fingerprint density at radius 3 is 2.76 bits per heavy atom. The molecule has 3 fully saturated rings. The molecule has 0 aromatic carbocycles. The molecule has 138 valence electrons. The van der Waals surface area contributed by atoms with Crippen molar-refractivity contribution in [1.29, 1.82) is 0 Å². The highest BCUT2D eigenvalue weighted by molar-refractivity contribution is 5.90. The van der Waals surface area contributed by atoms with Gasteiger partial charge < -0.3 is 19.7 Å². The van der Waals surface area contributed by atoms with Crippen LogP contribution in [0.3, 0.4) is 0 Å². The van der Waals surface area contributed by atoms with E-state index in [4.69, 9.17) is 9.47 Å². The highest BCUT2D eigenvalue weighted by atomic mass is 16.6. The van der Waals surface area contributed by atoms with Crippen molar-refractivity contribution in [2.75, 3.05) is 6.61 Å². The van der Waals surface area contributed by atoms with Crippen molar-refractivity contribution in [3.63, 3.8) is 0 Å². The zero-order chi connectivity index (χ0) is 18.4. The molecule has 2 saturated heterocycles. The molecule has 2 N–H and O–H groups in total. The number of carbonyl (C=O) groups is 1. The van der Waals surface area contributed by atoms with Gasteiger partial charge in [0.25, 0.3) is 0 Å². The maximum absolute atomic E-state index is 12.3. The fourth-order valence-corrected chi connectivity index (χ4v) is 3.92. The number of esters is 1. The molecule has 0 bridgehead atoms. The summed E-state index contributed by atoms with van der Waals surface area (Å²) < 4.78 is 11.0. The van der Waals surface area contributed by atoms with Crippen LogP contribution in [-0.4, -0.2) is 46.2 Å². The van der Waals surface area contributed by atoms with Crippen LogP contribution in [0.2, 0.25) is 0 Å². The number of hydrogen-bond donors (Lipinski definition) is 2. The van der Waals surface area contributed by atoms with Crippen LogP contribution in [0.4, 0.5) is 0 Å². The number of epoxide rings is 1. The first-order chi connectivity index (χ1) is 11.6. The van der Waals surface area contributed by atoms with Crippen molar-refractivity contribution in [1.82, 2.24) is 0 Å². The fourth-order valence-electron chi connectivity index (χ4n) is 3.92. The molecule has 0 radical (unpaired) electrons. The number of fused-ring (bicyclic) bond motifs is 2. The molecule has 2 heterocycles. The number of aliphatic hydroxyl groups is 2. The monoisotopic (exact) mass is 348 g/mol. The smallest absolute Gasteiger partial charge is 0.334 e. The zero-order valence-electron chi connectivity index (χ0n) is 15.2. The summed E-state index contributed by atoms with van der Waals surface area (Å²) in [6.45, 7) is 9.69. The lowest BCUT2D eigenvalue weighted by Crippen LogP contribution is -2.36. The first-order valence-electron chi connectivity index (χ1n) is 8.93. The van der Waals surface area contributed by atoms with Gasteiger partial charge in [0.05, 0.1) is 23.9 Å². The number of ether oxygens (including phenoxy) is 2. The molecule has 5 nitrogen and oxygen atoms in total. The Balaban J connectivity index is 1.88. The summed E-state index contributed by atoms with van der Waals surface area (Å²) >= 11 is 0. The molecule has 0 spiro atoms. The summed E-state index contributed by atoms with van der Waals surface area (Å²) in [6, 6.07) is 0. The standard InChI is InChI=1S/C20H28O5/c1-12-10-16-17(25-16)20(4,23)9-7-13-14(6-5-8-19(2,3)22)18(21)24-11-15(12)13/h5-6,8,13,15-17,22-23H,1,7,9-11H2,2-4H3/b8-5+,14-6-/t13?,15-,16?,17?,20-/m0/s1. The van der Waals surface area contributed by atoms with Crippen LogP contribution >= 0.6 is 0 Å². The topological polar surface area (TPSA) is 79.3 Å². The molecule has 3 unspecified atom stereocenters. The van der Waals surface area contributed by atoms with Crippen molar-refractivity contribution in [2.45, 2.75) is 63.4 Å². The number of carbonyl (C=O) groups excluding carboxylic acids is 1.